The Kier molecular flexibility index (Phi) is 5.47. The Hall–Kier alpha value is -7.04. The average Bonchev–Trinajstić information content (AvgIpc) is 3.77. The van der Waals surface area contributed by atoms with Gasteiger partial charge in [0.25, 0.3) is 0 Å². The first-order chi connectivity index (χ1) is 25.8. The van der Waals surface area contributed by atoms with E-state index in [2.05, 4.69) is 138 Å². The molecule has 4 heterocycles. The summed E-state index contributed by atoms with van der Waals surface area (Å²) < 4.78 is 9.25. The Labute approximate surface area is 297 Å². The lowest BCUT2D eigenvalue weighted by Crippen LogP contribution is -1.96. The summed E-state index contributed by atoms with van der Waals surface area (Å²) in [5.74, 6) is 0.688. The standard InChI is InChI=1S/C48H27N3O/c1-2-12-29(13-3-1)48-49-40-21-7-4-17-37(40)44(50-48)39-27-30(26-38-33-16-6-9-23-42(33)52-47(38)39)31-18-11-20-35-36-25-24-28-14-10-19-34-32-15-5-8-22-41(32)51(45(31)35)46(36)43(28)34/h1-27H. The summed E-state index contributed by atoms with van der Waals surface area (Å²) in [6.07, 6.45) is 0. The van der Waals surface area contributed by atoms with Crippen LogP contribution in [0.2, 0.25) is 0 Å². The number of aromatic nitrogens is 3. The molecule has 4 aromatic heterocycles. The predicted octanol–water partition coefficient (Wildman–Crippen LogP) is 12.8. The summed E-state index contributed by atoms with van der Waals surface area (Å²) in [6.45, 7) is 0. The second-order valence-corrected chi connectivity index (χ2v) is 13.7. The van der Waals surface area contributed by atoms with Crippen molar-refractivity contribution in [1.82, 2.24) is 14.4 Å². The fourth-order valence-corrected chi connectivity index (χ4v) is 8.67. The fraction of sp³-hybridized carbons (Fsp3) is 0. The van der Waals surface area contributed by atoms with E-state index in [1.54, 1.807) is 0 Å². The number of fused-ring (bicyclic) bond motifs is 10. The summed E-state index contributed by atoms with van der Waals surface area (Å²) in [6, 6.07) is 58.2. The van der Waals surface area contributed by atoms with Gasteiger partial charge in [0.15, 0.2) is 5.82 Å². The molecule has 0 saturated heterocycles. The SMILES string of the molecule is c1ccc(-c2nc(-c3cc(-c4cccc5c6ccc7cccc8c9ccccc9n(c45)c6c78)cc4c3oc3ccccc34)c3ccccc3n2)cc1. The molecule has 0 saturated carbocycles. The van der Waals surface area contributed by atoms with Gasteiger partial charge in [0.1, 0.15) is 11.2 Å². The molecule has 0 unspecified atom stereocenters. The molecule has 0 N–H and O–H groups in total. The highest BCUT2D eigenvalue weighted by atomic mass is 16.3. The van der Waals surface area contributed by atoms with Crippen LogP contribution in [-0.2, 0) is 0 Å². The second-order valence-electron chi connectivity index (χ2n) is 13.7. The molecular weight excluding hydrogens is 635 g/mol. The quantitative estimate of drug-likeness (QED) is 0.140. The molecule has 4 nitrogen and oxygen atoms in total. The van der Waals surface area contributed by atoms with E-state index in [0.29, 0.717) is 5.82 Å². The summed E-state index contributed by atoms with van der Waals surface area (Å²) in [7, 11) is 0. The van der Waals surface area contributed by atoms with E-state index < -0.39 is 0 Å². The minimum atomic E-state index is 0.688. The zero-order valence-electron chi connectivity index (χ0n) is 27.8. The molecule has 12 aromatic rings. The van der Waals surface area contributed by atoms with Crippen LogP contribution >= 0.6 is 0 Å². The maximum Gasteiger partial charge on any atom is 0.160 e. The Morgan fingerprint density at radius 3 is 2.10 bits per heavy atom. The molecule has 0 aliphatic heterocycles. The van der Waals surface area contributed by atoms with Crippen molar-refractivity contribution >= 4 is 81.7 Å². The molecule has 240 valence electrons. The highest BCUT2D eigenvalue weighted by molar-refractivity contribution is 6.29. The second kappa shape index (κ2) is 10.3. The van der Waals surface area contributed by atoms with Crippen LogP contribution in [0.3, 0.4) is 0 Å². The molecule has 0 fully saturated rings. The third-order valence-electron chi connectivity index (χ3n) is 10.9. The molecule has 0 amide bonds. The molecule has 0 bridgehead atoms. The summed E-state index contributed by atoms with van der Waals surface area (Å²) in [4.78, 5) is 10.4. The number of benzene rings is 8. The molecular formula is C48H27N3O. The molecule has 0 radical (unpaired) electrons. The normalized spacial score (nSPS) is 12.2. The monoisotopic (exact) mass is 661 g/mol. The maximum atomic E-state index is 6.74. The maximum absolute atomic E-state index is 6.74. The number of para-hydroxylation sites is 4. The van der Waals surface area contributed by atoms with E-state index in [4.69, 9.17) is 14.4 Å². The van der Waals surface area contributed by atoms with Gasteiger partial charge in [-0.1, -0.05) is 133 Å². The molecule has 4 heteroatoms. The zero-order valence-corrected chi connectivity index (χ0v) is 27.8. The average molecular weight is 662 g/mol. The number of hydrogen-bond donors (Lipinski definition) is 0. The van der Waals surface area contributed by atoms with E-state index in [9.17, 15) is 0 Å². The van der Waals surface area contributed by atoms with Crippen LogP contribution in [0.4, 0.5) is 0 Å². The van der Waals surface area contributed by atoms with Gasteiger partial charge in [-0.3, -0.25) is 0 Å². The Balaban J connectivity index is 1.25. The predicted molar refractivity (Wildman–Crippen MR) is 215 cm³/mol. The Bertz CT molecular complexity index is 3410. The van der Waals surface area contributed by atoms with E-state index >= 15 is 0 Å². The van der Waals surface area contributed by atoms with Gasteiger partial charge in [0.2, 0.25) is 0 Å². The van der Waals surface area contributed by atoms with Crippen molar-refractivity contribution < 1.29 is 4.42 Å². The van der Waals surface area contributed by atoms with Crippen molar-refractivity contribution in [3.8, 4) is 33.8 Å². The topological polar surface area (TPSA) is 43.3 Å². The minimum Gasteiger partial charge on any atom is -0.455 e. The molecule has 0 spiro atoms. The van der Waals surface area contributed by atoms with Gasteiger partial charge in [-0.05, 0) is 46.7 Å². The van der Waals surface area contributed by atoms with Crippen LogP contribution in [0.25, 0.3) is 115 Å². The largest absolute Gasteiger partial charge is 0.455 e. The highest BCUT2D eigenvalue weighted by Crippen LogP contribution is 2.46. The summed E-state index contributed by atoms with van der Waals surface area (Å²) in [5.41, 5.74) is 11.3. The van der Waals surface area contributed by atoms with Gasteiger partial charge in [-0.15, -0.1) is 0 Å². The Morgan fingerprint density at radius 2 is 1.17 bits per heavy atom. The van der Waals surface area contributed by atoms with E-state index in [1.807, 2.05) is 30.3 Å². The van der Waals surface area contributed by atoms with E-state index in [1.165, 1.54) is 48.9 Å². The van der Waals surface area contributed by atoms with Gasteiger partial charge in [0, 0.05) is 54.4 Å². The summed E-state index contributed by atoms with van der Waals surface area (Å²) in [5, 5.41) is 10.7. The lowest BCUT2D eigenvalue weighted by atomic mass is 9.95. The first kappa shape index (κ1) is 27.7. The highest BCUT2D eigenvalue weighted by Gasteiger charge is 2.23. The molecule has 0 aliphatic rings. The van der Waals surface area contributed by atoms with Gasteiger partial charge in [-0.2, -0.15) is 0 Å². The van der Waals surface area contributed by atoms with Crippen molar-refractivity contribution in [3.63, 3.8) is 0 Å². The minimum absolute atomic E-state index is 0.688. The van der Waals surface area contributed by atoms with Crippen LogP contribution < -0.4 is 0 Å². The molecule has 52 heavy (non-hydrogen) atoms. The fourth-order valence-electron chi connectivity index (χ4n) is 8.67. The van der Waals surface area contributed by atoms with E-state index in [0.717, 1.165) is 60.8 Å². The first-order valence-electron chi connectivity index (χ1n) is 17.7. The molecule has 0 atom stereocenters. The first-order valence-corrected chi connectivity index (χ1v) is 17.7. The van der Waals surface area contributed by atoms with Crippen LogP contribution in [0, 0.1) is 0 Å². The van der Waals surface area contributed by atoms with Crippen LogP contribution in [-0.4, -0.2) is 14.4 Å². The van der Waals surface area contributed by atoms with E-state index in [-0.39, 0.29) is 0 Å². The summed E-state index contributed by atoms with van der Waals surface area (Å²) >= 11 is 0. The van der Waals surface area contributed by atoms with Crippen molar-refractivity contribution in [2.24, 2.45) is 0 Å². The number of nitrogens with zero attached hydrogens (tertiary/aromatic N) is 3. The molecule has 8 aromatic carbocycles. The van der Waals surface area contributed by atoms with Gasteiger partial charge in [0.05, 0.1) is 27.8 Å². The molecule has 0 aliphatic carbocycles. The number of pyridine rings is 1. The smallest absolute Gasteiger partial charge is 0.160 e. The van der Waals surface area contributed by atoms with Gasteiger partial charge >= 0.3 is 0 Å². The van der Waals surface area contributed by atoms with Crippen molar-refractivity contribution in [2.45, 2.75) is 0 Å². The zero-order chi connectivity index (χ0) is 33.9. The number of furan rings is 1. The van der Waals surface area contributed by atoms with Crippen molar-refractivity contribution in [2.75, 3.05) is 0 Å². The van der Waals surface area contributed by atoms with Gasteiger partial charge < -0.3 is 8.82 Å². The van der Waals surface area contributed by atoms with Crippen molar-refractivity contribution in [3.05, 3.63) is 164 Å². The number of rotatable bonds is 3. The van der Waals surface area contributed by atoms with Gasteiger partial charge in [-0.25, -0.2) is 9.97 Å². The lowest BCUT2D eigenvalue weighted by molar-refractivity contribution is 0.670. The van der Waals surface area contributed by atoms with Crippen LogP contribution in [0.15, 0.2) is 168 Å². The van der Waals surface area contributed by atoms with Crippen LogP contribution in [0.1, 0.15) is 0 Å². The number of hydrogen-bond acceptors (Lipinski definition) is 3. The van der Waals surface area contributed by atoms with Crippen LogP contribution in [0.5, 0.6) is 0 Å². The third-order valence-corrected chi connectivity index (χ3v) is 10.9. The third kappa shape index (κ3) is 3.70. The molecule has 12 rings (SSSR count). The van der Waals surface area contributed by atoms with Crippen molar-refractivity contribution in [1.29, 1.82) is 0 Å². The Morgan fingerprint density at radius 1 is 0.442 bits per heavy atom. The lowest BCUT2D eigenvalue weighted by Gasteiger charge is -2.14.